The van der Waals surface area contributed by atoms with E-state index < -0.39 is 0 Å². The standard InChI is InChI=1S/C26H32N4.ClH/c27-17-8-1-2-9-18-28-26-25-23(16-19-29-26)22-14-6-7-15-24(22)30(25)20-10-13-21-11-4-3-5-12-21;/h3-7,11-12,14-16,19H,1-2,8-10,13,17-18,20,27H2,(H,28,29);1H. The van der Waals surface area contributed by atoms with Crippen molar-refractivity contribution < 1.29 is 0 Å². The molecule has 5 heteroatoms. The van der Waals surface area contributed by atoms with E-state index in [0.29, 0.717) is 0 Å². The van der Waals surface area contributed by atoms with Gasteiger partial charge in [0.2, 0.25) is 0 Å². The van der Waals surface area contributed by atoms with Crippen LogP contribution in [0.1, 0.15) is 37.7 Å². The van der Waals surface area contributed by atoms with Gasteiger partial charge in [-0.3, -0.25) is 0 Å². The molecule has 0 unspecified atom stereocenters. The second kappa shape index (κ2) is 11.7. The molecule has 0 spiro atoms. The molecule has 0 bridgehead atoms. The van der Waals surface area contributed by atoms with Gasteiger partial charge in [0.25, 0.3) is 0 Å². The molecule has 2 aromatic heterocycles. The lowest BCUT2D eigenvalue weighted by molar-refractivity contribution is 0.660. The SMILES string of the molecule is Cl.NCCCCCCNc1nccc2c3ccccc3n(CCCc3ccccc3)c12. The van der Waals surface area contributed by atoms with Crippen LogP contribution in [0, 0.1) is 0 Å². The lowest BCUT2D eigenvalue weighted by Crippen LogP contribution is -2.07. The first-order valence-electron chi connectivity index (χ1n) is 11.2. The summed E-state index contributed by atoms with van der Waals surface area (Å²) in [5.74, 6) is 1.00. The highest BCUT2D eigenvalue weighted by molar-refractivity contribution is 6.11. The molecule has 4 aromatic rings. The van der Waals surface area contributed by atoms with E-state index in [9.17, 15) is 0 Å². The largest absolute Gasteiger partial charge is 0.368 e. The van der Waals surface area contributed by atoms with E-state index in [4.69, 9.17) is 10.7 Å². The molecule has 0 amide bonds. The molecular formula is C26H33ClN4. The number of nitrogens with two attached hydrogens (primary N) is 1. The van der Waals surface area contributed by atoms with Gasteiger partial charge in [0.15, 0.2) is 5.82 Å². The number of anilines is 1. The Labute approximate surface area is 191 Å². The molecule has 0 atom stereocenters. The van der Waals surface area contributed by atoms with Gasteiger partial charge in [-0.15, -0.1) is 12.4 Å². The summed E-state index contributed by atoms with van der Waals surface area (Å²) in [6.07, 6.45) is 8.79. The van der Waals surface area contributed by atoms with Gasteiger partial charge in [0.05, 0.1) is 5.52 Å². The molecule has 0 aliphatic rings. The number of nitrogens with zero attached hydrogens (tertiary/aromatic N) is 2. The van der Waals surface area contributed by atoms with Crippen molar-refractivity contribution in [2.45, 2.75) is 45.1 Å². The third-order valence-corrected chi connectivity index (χ3v) is 5.79. The van der Waals surface area contributed by atoms with Gasteiger partial charge in [-0.1, -0.05) is 61.4 Å². The predicted octanol–water partition coefficient (Wildman–Crippen LogP) is 6.18. The van der Waals surface area contributed by atoms with Gasteiger partial charge in [-0.2, -0.15) is 0 Å². The zero-order chi connectivity index (χ0) is 20.6. The number of aryl methyl sites for hydroxylation is 2. The Morgan fingerprint density at radius 2 is 1.58 bits per heavy atom. The van der Waals surface area contributed by atoms with Crippen molar-refractivity contribution in [2.24, 2.45) is 5.73 Å². The average Bonchev–Trinajstić information content (AvgIpc) is 3.12. The fourth-order valence-corrected chi connectivity index (χ4v) is 4.28. The quantitative estimate of drug-likeness (QED) is 0.276. The van der Waals surface area contributed by atoms with E-state index in [0.717, 1.165) is 51.1 Å². The molecule has 31 heavy (non-hydrogen) atoms. The second-order valence-corrected chi connectivity index (χ2v) is 7.94. The molecule has 4 rings (SSSR count). The van der Waals surface area contributed by atoms with Gasteiger partial charge in [0.1, 0.15) is 0 Å². The zero-order valence-electron chi connectivity index (χ0n) is 18.1. The fourth-order valence-electron chi connectivity index (χ4n) is 4.28. The number of hydrogen-bond donors (Lipinski definition) is 2. The number of benzene rings is 2. The normalized spacial score (nSPS) is 11.0. The van der Waals surface area contributed by atoms with Crippen LogP contribution in [0.5, 0.6) is 0 Å². The monoisotopic (exact) mass is 436 g/mol. The lowest BCUT2D eigenvalue weighted by Gasteiger charge is -2.12. The number of nitrogens with one attached hydrogen (secondary N) is 1. The summed E-state index contributed by atoms with van der Waals surface area (Å²) < 4.78 is 2.46. The Balaban J connectivity index is 0.00000272. The van der Waals surface area contributed by atoms with Crippen LogP contribution < -0.4 is 11.1 Å². The van der Waals surface area contributed by atoms with E-state index in [1.807, 2.05) is 6.20 Å². The summed E-state index contributed by atoms with van der Waals surface area (Å²) >= 11 is 0. The van der Waals surface area contributed by atoms with Crippen LogP contribution in [0.4, 0.5) is 5.82 Å². The first-order valence-corrected chi connectivity index (χ1v) is 11.2. The van der Waals surface area contributed by atoms with Crippen molar-refractivity contribution in [3.05, 3.63) is 72.4 Å². The van der Waals surface area contributed by atoms with Crippen molar-refractivity contribution in [1.82, 2.24) is 9.55 Å². The number of para-hydroxylation sites is 1. The minimum absolute atomic E-state index is 0. The number of aromatic nitrogens is 2. The lowest BCUT2D eigenvalue weighted by atomic mass is 10.1. The van der Waals surface area contributed by atoms with Gasteiger partial charge >= 0.3 is 0 Å². The third-order valence-electron chi connectivity index (χ3n) is 5.79. The van der Waals surface area contributed by atoms with Gasteiger partial charge in [0, 0.05) is 35.6 Å². The average molecular weight is 437 g/mol. The van der Waals surface area contributed by atoms with Crippen LogP contribution in [0.2, 0.25) is 0 Å². The Hall–Kier alpha value is -2.56. The van der Waals surface area contributed by atoms with Gasteiger partial charge in [-0.25, -0.2) is 4.98 Å². The molecule has 0 saturated heterocycles. The van der Waals surface area contributed by atoms with Crippen molar-refractivity contribution >= 4 is 40.0 Å². The molecule has 164 valence electrons. The summed E-state index contributed by atoms with van der Waals surface area (Å²) in [6, 6.07) is 21.6. The highest BCUT2D eigenvalue weighted by Gasteiger charge is 2.14. The predicted molar refractivity (Wildman–Crippen MR) is 135 cm³/mol. The topological polar surface area (TPSA) is 55.9 Å². The van der Waals surface area contributed by atoms with Crippen LogP contribution in [0.3, 0.4) is 0 Å². The van der Waals surface area contributed by atoms with E-state index in [1.54, 1.807) is 0 Å². The minimum Gasteiger partial charge on any atom is -0.368 e. The van der Waals surface area contributed by atoms with Crippen LogP contribution in [-0.4, -0.2) is 22.6 Å². The molecule has 2 heterocycles. The van der Waals surface area contributed by atoms with Crippen LogP contribution >= 0.6 is 12.4 Å². The first-order chi connectivity index (χ1) is 14.9. The van der Waals surface area contributed by atoms with Crippen molar-refractivity contribution in [1.29, 1.82) is 0 Å². The number of hydrogen-bond acceptors (Lipinski definition) is 3. The maximum Gasteiger partial charge on any atom is 0.150 e. The Bertz CT molecular complexity index is 1070. The van der Waals surface area contributed by atoms with Gasteiger partial charge < -0.3 is 15.6 Å². The van der Waals surface area contributed by atoms with Crippen LogP contribution in [0.15, 0.2) is 66.9 Å². The summed E-state index contributed by atoms with van der Waals surface area (Å²) in [5, 5.41) is 6.20. The molecule has 0 fully saturated rings. The fraction of sp³-hybridized carbons (Fsp3) is 0.346. The number of halogens is 1. The van der Waals surface area contributed by atoms with E-state index in [2.05, 4.69) is 70.5 Å². The molecular weight excluding hydrogens is 404 g/mol. The Morgan fingerprint density at radius 3 is 2.42 bits per heavy atom. The summed E-state index contributed by atoms with van der Waals surface area (Å²) in [5.41, 5.74) is 9.52. The molecule has 0 aliphatic carbocycles. The number of rotatable bonds is 11. The molecule has 4 nitrogen and oxygen atoms in total. The molecule has 3 N–H and O–H groups in total. The number of pyridine rings is 1. The van der Waals surface area contributed by atoms with E-state index >= 15 is 0 Å². The van der Waals surface area contributed by atoms with Crippen molar-refractivity contribution in [3.8, 4) is 0 Å². The molecule has 0 radical (unpaired) electrons. The number of unbranched alkanes of at least 4 members (excludes halogenated alkanes) is 3. The Morgan fingerprint density at radius 1 is 0.806 bits per heavy atom. The molecule has 2 aromatic carbocycles. The maximum atomic E-state index is 5.60. The molecule has 0 aliphatic heterocycles. The van der Waals surface area contributed by atoms with Gasteiger partial charge in [-0.05, 0) is 49.9 Å². The maximum absolute atomic E-state index is 5.60. The van der Waals surface area contributed by atoms with Crippen molar-refractivity contribution in [2.75, 3.05) is 18.4 Å². The molecule has 0 saturated carbocycles. The highest BCUT2D eigenvalue weighted by Crippen LogP contribution is 2.32. The summed E-state index contributed by atoms with van der Waals surface area (Å²) in [4.78, 5) is 4.71. The number of fused-ring (bicyclic) bond motifs is 3. The third kappa shape index (κ3) is 5.57. The Kier molecular flexibility index (Phi) is 8.74. The van der Waals surface area contributed by atoms with Crippen molar-refractivity contribution in [3.63, 3.8) is 0 Å². The first kappa shape index (κ1) is 23.1. The van der Waals surface area contributed by atoms with Crippen LogP contribution in [-0.2, 0) is 13.0 Å². The van der Waals surface area contributed by atoms with E-state index in [-0.39, 0.29) is 12.4 Å². The van der Waals surface area contributed by atoms with E-state index in [1.165, 1.54) is 40.2 Å². The zero-order valence-corrected chi connectivity index (χ0v) is 18.9. The highest BCUT2D eigenvalue weighted by atomic mass is 35.5. The smallest absolute Gasteiger partial charge is 0.150 e. The van der Waals surface area contributed by atoms with Crippen LogP contribution in [0.25, 0.3) is 21.8 Å². The summed E-state index contributed by atoms with van der Waals surface area (Å²) in [6.45, 7) is 2.72. The second-order valence-electron chi connectivity index (χ2n) is 7.94. The summed E-state index contributed by atoms with van der Waals surface area (Å²) in [7, 11) is 0. The minimum atomic E-state index is 0.